The normalized spacial score (nSPS) is 12.2. The number of hydrogen-bond acceptors (Lipinski definition) is 5. The van der Waals surface area contributed by atoms with Crippen LogP contribution < -0.4 is 5.32 Å². The van der Waals surface area contributed by atoms with Crippen LogP contribution in [0.25, 0.3) is 0 Å². The number of nitrogens with one attached hydrogen (secondary N) is 1. The summed E-state index contributed by atoms with van der Waals surface area (Å²) < 4.78 is 0.631. The molecule has 106 valence electrons. The molecule has 1 N–H and O–H groups in total. The van der Waals surface area contributed by atoms with Crippen LogP contribution in [0.1, 0.15) is 28.3 Å². The number of aryl methyl sites for hydroxylation is 1. The molecule has 0 bridgehead atoms. The summed E-state index contributed by atoms with van der Waals surface area (Å²) in [5, 5.41) is 14.1. The Bertz CT molecular complexity index is 657. The van der Waals surface area contributed by atoms with E-state index in [9.17, 15) is 10.1 Å². The van der Waals surface area contributed by atoms with Gasteiger partial charge in [0, 0.05) is 15.3 Å². The van der Waals surface area contributed by atoms with E-state index in [0.29, 0.717) is 15.9 Å². The van der Waals surface area contributed by atoms with Crippen molar-refractivity contribution in [3.05, 3.63) is 48.2 Å². The van der Waals surface area contributed by atoms with E-state index >= 15 is 0 Å². The summed E-state index contributed by atoms with van der Waals surface area (Å²) in [6, 6.07) is 4.24. The highest BCUT2D eigenvalue weighted by molar-refractivity contribution is 9.10. The second kappa shape index (κ2) is 5.88. The van der Waals surface area contributed by atoms with E-state index < -0.39 is 4.92 Å². The summed E-state index contributed by atoms with van der Waals surface area (Å²) in [7, 11) is 0. The predicted molar refractivity (Wildman–Crippen MR) is 84.4 cm³/mol. The van der Waals surface area contributed by atoms with Gasteiger partial charge in [-0.3, -0.25) is 10.1 Å². The molecule has 0 aliphatic rings. The third kappa shape index (κ3) is 2.99. The molecule has 0 saturated heterocycles. The Morgan fingerprint density at radius 1 is 1.45 bits per heavy atom. The molecule has 20 heavy (non-hydrogen) atoms. The number of thiophene rings is 1. The Hall–Kier alpha value is -1.47. The SMILES string of the molecule is Cc1ccc(C(C)Nc2ncc([N+](=O)[O-])c(C)c2Br)s1. The molecule has 1 unspecified atom stereocenters. The lowest BCUT2D eigenvalue weighted by atomic mass is 10.2. The number of hydrogen-bond donors (Lipinski definition) is 1. The Balaban J connectivity index is 2.26. The van der Waals surface area contributed by atoms with E-state index in [1.54, 1.807) is 18.3 Å². The van der Waals surface area contributed by atoms with Gasteiger partial charge in [0.05, 0.1) is 15.4 Å². The fourth-order valence-corrected chi connectivity index (χ4v) is 3.12. The first-order valence-corrected chi connectivity index (χ1v) is 7.63. The van der Waals surface area contributed by atoms with Crippen LogP contribution >= 0.6 is 27.3 Å². The smallest absolute Gasteiger partial charge is 0.291 e. The molecule has 2 rings (SSSR count). The van der Waals surface area contributed by atoms with Crippen LogP contribution in [-0.2, 0) is 0 Å². The summed E-state index contributed by atoms with van der Waals surface area (Å²) in [5.41, 5.74) is 0.587. The molecule has 0 aromatic carbocycles. The fourth-order valence-electron chi connectivity index (χ4n) is 1.82. The fraction of sp³-hybridized carbons (Fsp3) is 0.308. The van der Waals surface area contributed by atoms with E-state index in [0.717, 1.165) is 0 Å². The van der Waals surface area contributed by atoms with Crippen LogP contribution in [0.2, 0.25) is 0 Å². The zero-order valence-corrected chi connectivity index (χ0v) is 13.7. The van der Waals surface area contributed by atoms with Crippen molar-refractivity contribution >= 4 is 38.8 Å². The molecule has 0 fully saturated rings. The Kier molecular flexibility index (Phi) is 4.39. The maximum absolute atomic E-state index is 10.9. The summed E-state index contributed by atoms with van der Waals surface area (Å²) in [5.74, 6) is 0.617. The largest absolute Gasteiger partial charge is 0.362 e. The lowest BCUT2D eigenvalue weighted by molar-refractivity contribution is -0.385. The molecule has 0 amide bonds. The minimum absolute atomic E-state index is 0.0158. The van der Waals surface area contributed by atoms with Crippen LogP contribution in [0.5, 0.6) is 0 Å². The van der Waals surface area contributed by atoms with E-state index in [-0.39, 0.29) is 11.7 Å². The molecule has 0 aliphatic heterocycles. The standard InChI is InChI=1S/C13H14BrN3O2S/c1-7-4-5-11(20-7)9(3)16-13-12(14)8(2)10(6-15-13)17(18)19/h4-6,9H,1-3H3,(H,15,16). The van der Waals surface area contributed by atoms with Gasteiger partial charge in [0.2, 0.25) is 0 Å². The molecule has 5 nitrogen and oxygen atoms in total. The summed E-state index contributed by atoms with van der Waals surface area (Å²) >= 11 is 5.10. The van der Waals surface area contributed by atoms with Crippen LogP contribution in [0, 0.1) is 24.0 Å². The summed E-state index contributed by atoms with van der Waals surface area (Å²) in [4.78, 5) is 17.0. The van der Waals surface area contributed by atoms with Gasteiger partial charge >= 0.3 is 0 Å². The molecule has 0 spiro atoms. The van der Waals surface area contributed by atoms with Crippen molar-refractivity contribution < 1.29 is 4.92 Å². The van der Waals surface area contributed by atoms with Crippen molar-refractivity contribution in [2.45, 2.75) is 26.8 Å². The lowest BCUT2D eigenvalue weighted by Gasteiger charge is -2.15. The zero-order chi connectivity index (χ0) is 14.9. The number of nitrogens with zero attached hydrogens (tertiary/aromatic N) is 2. The summed E-state index contributed by atoms with van der Waals surface area (Å²) in [6.45, 7) is 5.80. The number of rotatable bonds is 4. The molecule has 2 heterocycles. The van der Waals surface area contributed by atoms with Gasteiger partial charge in [0.25, 0.3) is 5.69 Å². The highest BCUT2D eigenvalue weighted by atomic mass is 79.9. The van der Waals surface area contributed by atoms with E-state index in [4.69, 9.17) is 0 Å². The summed E-state index contributed by atoms with van der Waals surface area (Å²) in [6.07, 6.45) is 1.29. The van der Waals surface area contributed by atoms with Crippen molar-refractivity contribution in [2.24, 2.45) is 0 Å². The topological polar surface area (TPSA) is 68.1 Å². The van der Waals surface area contributed by atoms with E-state index in [1.165, 1.54) is 16.0 Å². The van der Waals surface area contributed by atoms with Crippen LogP contribution in [0.4, 0.5) is 11.5 Å². The van der Waals surface area contributed by atoms with E-state index in [2.05, 4.69) is 45.3 Å². The maximum Gasteiger partial charge on any atom is 0.291 e. The van der Waals surface area contributed by atoms with E-state index in [1.807, 2.05) is 6.92 Å². The minimum Gasteiger partial charge on any atom is -0.362 e. The molecular formula is C13H14BrN3O2S. The van der Waals surface area contributed by atoms with Gasteiger partial charge in [0.1, 0.15) is 12.0 Å². The first kappa shape index (κ1) is 14.9. The average Bonchev–Trinajstić information content (AvgIpc) is 2.81. The van der Waals surface area contributed by atoms with Gasteiger partial charge in [-0.1, -0.05) is 0 Å². The molecule has 0 aliphatic carbocycles. The minimum atomic E-state index is -0.428. The van der Waals surface area contributed by atoms with Crippen molar-refractivity contribution in [2.75, 3.05) is 5.32 Å². The van der Waals surface area contributed by atoms with Crippen LogP contribution in [0.3, 0.4) is 0 Å². The number of halogens is 1. The quantitative estimate of drug-likeness (QED) is 0.642. The molecule has 7 heteroatoms. The first-order chi connectivity index (χ1) is 9.40. The van der Waals surface area contributed by atoms with Crippen LogP contribution in [0.15, 0.2) is 22.8 Å². The molecule has 0 radical (unpaired) electrons. The molecule has 2 aromatic rings. The molecular weight excluding hydrogens is 342 g/mol. The van der Waals surface area contributed by atoms with Gasteiger partial charge in [-0.15, -0.1) is 11.3 Å². The van der Waals surface area contributed by atoms with Gasteiger partial charge < -0.3 is 5.32 Å². The second-order valence-corrected chi connectivity index (χ2v) is 6.62. The Labute approximate surface area is 129 Å². The number of nitro groups is 1. The zero-order valence-electron chi connectivity index (χ0n) is 11.3. The van der Waals surface area contributed by atoms with Gasteiger partial charge in [-0.25, -0.2) is 4.98 Å². The number of anilines is 1. The van der Waals surface area contributed by atoms with Crippen molar-refractivity contribution in [3.8, 4) is 0 Å². The van der Waals surface area contributed by atoms with Gasteiger partial charge in [-0.2, -0.15) is 0 Å². The monoisotopic (exact) mass is 355 g/mol. The van der Waals surface area contributed by atoms with Crippen molar-refractivity contribution in [1.29, 1.82) is 0 Å². The first-order valence-electron chi connectivity index (χ1n) is 6.02. The third-order valence-electron chi connectivity index (χ3n) is 2.98. The van der Waals surface area contributed by atoms with Crippen LogP contribution in [-0.4, -0.2) is 9.91 Å². The number of aromatic nitrogens is 1. The van der Waals surface area contributed by atoms with Gasteiger partial charge in [-0.05, 0) is 48.8 Å². The van der Waals surface area contributed by atoms with Crippen molar-refractivity contribution in [3.63, 3.8) is 0 Å². The average molecular weight is 356 g/mol. The Morgan fingerprint density at radius 2 is 2.15 bits per heavy atom. The third-order valence-corrected chi connectivity index (χ3v) is 5.13. The Morgan fingerprint density at radius 3 is 2.70 bits per heavy atom. The molecule has 2 aromatic heterocycles. The molecule has 0 saturated carbocycles. The molecule has 1 atom stereocenters. The lowest BCUT2D eigenvalue weighted by Crippen LogP contribution is -2.08. The maximum atomic E-state index is 10.9. The van der Waals surface area contributed by atoms with Crippen molar-refractivity contribution in [1.82, 2.24) is 4.98 Å². The highest BCUT2D eigenvalue weighted by Crippen LogP contribution is 2.33. The second-order valence-electron chi connectivity index (χ2n) is 4.50. The predicted octanol–water partition coefficient (Wildman–Crippen LogP) is 4.60. The highest BCUT2D eigenvalue weighted by Gasteiger charge is 2.18. The van der Waals surface area contributed by atoms with Gasteiger partial charge in [0.15, 0.2) is 0 Å². The number of pyridine rings is 1.